The summed E-state index contributed by atoms with van der Waals surface area (Å²) in [7, 11) is 0. The standard InChI is InChI=1S/C18H36O5/c1-2-3-4-8-11-15(19)14-17(21)16(20)12-9-6-5-7-10-13-18(22)23/h15-17,19-21H,2-14H2,1H3,(H,22,23)/t15-,16-,17-/m0/s1. The summed E-state index contributed by atoms with van der Waals surface area (Å²) in [5.41, 5.74) is 0. The van der Waals surface area contributed by atoms with E-state index in [0.717, 1.165) is 44.9 Å². The minimum absolute atomic E-state index is 0.220. The lowest BCUT2D eigenvalue weighted by Crippen LogP contribution is -2.30. The quantitative estimate of drug-likeness (QED) is 0.325. The molecule has 0 saturated carbocycles. The van der Waals surface area contributed by atoms with Gasteiger partial charge in [0.15, 0.2) is 0 Å². The van der Waals surface area contributed by atoms with E-state index >= 15 is 0 Å². The summed E-state index contributed by atoms with van der Waals surface area (Å²) < 4.78 is 0. The molecule has 0 radical (unpaired) electrons. The Balaban J connectivity index is 3.57. The van der Waals surface area contributed by atoms with Gasteiger partial charge in [-0.1, -0.05) is 58.3 Å². The molecule has 0 bridgehead atoms. The van der Waals surface area contributed by atoms with Crippen LogP contribution >= 0.6 is 0 Å². The van der Waals surface area contributed by atoms with Crippen LogP contribution in [0.4, 0.5) is 0 Å². The van der Waals surface area contributed by atoms with Crippen molar-refractivity contribution in [1.29, 1.82) is 0 Å². The van der Waals surface area contributed by atoms with Crippen LogP contribution in [0.1, 0.15) is 90.4 Å². The fraction of sp³-hybridized carbons (Fsp3) is 0.944. The maximum atomic E-state index is 10.4. The summed E-state index contributed by atoms with van der Waals surface area (Å²) in [5.74, 6) is -0.753. The zero-order chi connectivity index (χ0) is 17.5. The molecule has 138 valence electrons. The third-order valence-corrected chi connectivity index (χ3v) is 4.24. The van der Waals surface area contributed by atoms with E-state index in [1.807, 2.05) is 0 Å². The van der Waals surface area contributed by atoms with Crippen LogP contribution in [-0.4, -0.2) is 44.7 Å². The molecule has 0 spiro atoms. The maximum Gasteiger partial charge on any atom is 0.303 e. The molecule has 4 N–H and O–H groups in total. The lowest BCUT2D eigenvalue weighted by Gasteiger charge is -2.20. The van der Waals surface area contributed by atoms with E-state index in [1.165, 1.54) is 6.42 Å². The summed E-state index contributed by atoms with van der Waals surface area (Å²) >= 11 is 0. The van der Waals surface area contributed by atoms with Crippen LogP contribution in [0.2, 0.25) is 0 Å². The lowest BCUT2D eigenvalue weighted by molar-refractivity contribution is -0.137. The van der Waals surface area contributed by atoms with Crippen LogP contribution in [0.15, 0.2) is 0 Å². The SMILES string of the molecule is CCCCCC[C@H](O)C[C@H](O)[C@@H](O)CCCCCCCC(=O)O. The molecule has 0 unspecified atom stereocenters. The zero-order valence-corrected chi connectivity index (χ0v) is 14.6. The van der Waals surface area contributed by atoms with Crippen molar-refractivity contribution in [1.82, 2.24) is 0 Å². The monoisotopic (exact) mass is 332 g/mol. The van der Waals surface area contributed by atoms with E-state index < -0.39 is 24.3 Å². The third-order valence-electron chi connectivity index (χ3n) is 4.24. The number of carbonyl (C=O) groups is 1. The normalized spacial score (nSPS) is 15.3. The molecule has 0 aliphatic rings. The van der Waals surface area contributed by atoms with Gasteiger partial charge >= 0.3 is 5.97 Å². The van der Waals surface area contributed by atoms with E-state index in [4.69, 9.17) is 5.11 Å². The van der Waals surface area contributed by atoms with Gasteiger partial charge in [0.05, 0.1) is 18.3 Å². The molecular weight excluding hydrogens is 296 g/mol. The van der Waals surface area contributed by atoms with Crippen LogP contribution in [0, 0.1) is 0 Å². The van der Waals surface area contributed by atoms with Crippen LogP contribution in [-0.2, 0) is 4.79 Å². The molecule has 0 aromatic heterocycles. The van der Waals surface area contributed by atoms with E-state index in [1.54, 1.807) is 0 Å². The smallest absolute Gasteiger partial charge is 0.303 e. The lowest BCUT2D eigenvalue weighted by atomic mass is 9.98. The molecule has 0 amide bonds. The minimum Gasteiger partial charge on any atom is -0.481 e. The van der Waals surface area contributed by atoms with Crippen molar-refractivity contribution >= 4 is 5.97 Å². The van der Waals surface area contributed by atoms with E-state index in [2.05, 4.69) is 6.92 Å². The predicted octanol–water partition coefficient (Wildman–Crippen LogP) is 3.24. The van der Waals surface area contributed by atoms with Crippen molar-refractivity contribution < 1.29 is 25.2 Å². The van der Waals surface area contributed by atoms with Gasteiger partial charge in [0.1, 0.15) is 0 Å². The van der Waals surface area contributed by atoms with Crippen molar-refractivity contribution in [3.63, 3.8) is 0 Å². The molecule has 0 heterocycles. The first-order valence-corrected chi connectivity index (χ1v) is 9.23. The van der Waals surface area contributed by atoms with Gasteiger partial charge in [-0.05, 0) is 19.3 Å². The van der Waals surface area contributed by atoms with Gasteiger partial charge in [0.2, 0.25) is 0 Å². The van der Waals surface area contributed by atoms with Gasteiger partial charge in [-0.2, -0.15) is 0 Å². The molecule has 0 aliphatic carbocycles. The second kappa shape index (κ2) is 14.9. The fourth-order valence-electron chi connectivity index (χ4n) is 2.71. The second-order valence-corrected chi connectivity index (χ2v) is 6.57. The van der Waals surface area contributed by atoms with E-state index in [9.17, 15) is 20.1 Å². The summed E-state index contributed by atoms with van der Waals surface area (Å²) in [6.45, 7) is 2.14. The molecule has 5 heteroatoms. The Hall–Kier alpha value is -0.650. The molecule has 0 saturated heterocycles. The van der Waals surface area contributed by atoms with E-state index in [-0.39, 0.29) is 12.8 Å². The highest BCUT2D eigenvalue weighted by Gasteiger charge is 2.19. The number of hydrogen-bond acceptors (Lipinski definition) is 4. The van der Waals surface area contributed by atoms with Gasteiger partial charge in [-0.3, -0.25) is 4.79 Å². The number of carboxylic acids is 1. The van der Waals surface area contributed by atoms with Crippen LogP contribution < -0.4 is 0 Å². The summed E-state index contributed by atoms with van der Waals surface area (Å²) in [6, 6.07) is 0. The van der Waals surface area contributed by atoms with Crippen molar-refractivity contribution in [2.24, 2.45) is 0 Å². The van der Waals surface area contributed by atoms with Gasteiger partial charge < -0.3 is 20.4 Å². The minimum atomic E-state index is -0.858. The number of carboxylic acid groups (broad SMARTS) is 1. The number of rotatable bonds is 16. The Morgan fingerprint density at radius 3 is 2.00 bits per heavy atom. The zero-order valence-electron chi connectivity index (χ0n) is 14.6. The molecule has 3 atom stereocenters. The van der Waals surface area contributed by atoms with E-state index in [0.29, 0.717) is 19.3 Å². The molecule has 23 heavy (non-hydrogen) atoms. The largest absolute Gasteiger partial charge is 0.481 e. The summed E-state index contributed by atoms with van der Waals surface area (Å²) in [4.78, 5) is 10.4. The number of aliphatic hydroxyl groups is 3. The Labute approximate surface area is 140 Å². The third kappa shape index (κ3) is 14.7. The Bertz CT molecular complexity index is 283. The molecular formula is C18H36O5. The topological polar surface area (TPSA) is 98.0 Å². The highest BCUT2D eigenvalue weighted by molar-refractivity contribution is 5.66. The maximum absolute atomic E-state index is 10.4. The van der Waals surface area contributed by atoms with Gasteiger partial charge in [-0.25, -0.2) is 0 Å². The van der Waals surface area contributed by atoms with Gasteiger partial charge in [0.25, 0.3) is 0 Å². The molecule has 0 aliphatic heterocycles. The number of aliphatic carboxylic acids is 1. The van der Waals surface area contributed by atoms with Crippen molar-refractivity contribution in [2.75, 3.05) is 0 Å². The average Bonchev–Trinajstić information content (AvgIpc) is 2.50. The number of unbranched alkanes of at least 4 members (excludes halogenated alkanes) is 7. The van der Waals surface area contributed by atoms with Crippen molar-refractivity contribution in [2.45, 2.75) is 109 Å². The summed E-state index contributed by atoms with van der Waals surface area (Å²) in [5, 5.41) is 38.2. The van der Waals surface area contributed by atoms with Crippen molar-refractivity contribution in [3.8, 4) is 0 Å². The average molecular weight is 332 g/mol. The Morgan fingerprint density at radius 1 is 0.783 bits per heavy atom. The Kier molecular flexibility index (Phi) is 14.5. The first kappa shape index (κ1) is 22.4. The number of aliphatic hydroxyl groups excluding tert-OH is 3. The second-order valence-electron chi connectivity index (χ2n) is 6.57. The fourth-order valence-corrected chi connectivity index (χ4v) is 2.71. The number of hydrogen-bond donors (Lipinski definition) is 4. The van der Waals surface area contributed by atoms with Gasteiger partial charge in [0, 0.05) is 12.8 Å². The van der Waals surface area contributed by atoms with Gasteiger partial charge in [-0.15, -0.1) is 0 Å². The molecule has 5 nitrogen and oxygen atoms in total. The molecule has 0 fully saturated rings. The molecule has 0 aromatic rings. The molecule has 0 rings (SSSR count). The molecule has 0 aromatic carbocycles. The highest BCUT2D eigenvalue weighted by atomic mass is 16.4. The predicted molar refractivity (Wildman–Crippen MR) is 91.4 cm³/mol. The van der Waals surface area contributed by atoms with Crippen molar-refractivity contribution in [3.05, 3.63) is 0 Å². The van der Waals surface area contributed by atoms with Crippen LogP contribution in [0.3, 0.4) is 0 Å². The first-order chi connectivity index (χ1) is 11.0. The Morgan fingerprint density at radius 2 is 1.35 bits per heavy atom. The first-order valence-electron chi connectivity index (χ1n) is 9.23. The summed E-state index contributed by atoms with van der Waals surface area (Å²) in [6.07, 6.45) is 8.21. The highest BCUT2D eigenvalue weighted by Crippen LogP contribution is 2.15. The van der Waals surface area contributed by atoms with Crippen LogP contribution in [0.25, 0.3) is 0 Å². The van der Waals surface area contributed by atoms with Crippen LogP contribution in [0.5, 0.6) is 0 Å².